The molecule has 4 N–H and O–H groups in total. The van der Waals surface area contributed by atoms with Gasteiger partial charge in [0.05, 0.1) is 26.9 Å². The molecule has 2 atom stereocenters. The Morgan fingerprint density at radius 1 is 0.833 bits per heavy atom. The number of hydrogen-bond acceptors (Lipinski definition) is 4. The summed E-state index contributed by atoms with van der Waals surface area (Å²) in [6.07, 6.45) is 1.76. The average Bonchev–Trinajstić information content (AvgIpc) is 2.77. The van der Waals surface area contributed by atoms with Crippen LogP contribution in [0.2, 0.25) is 0 Å². The predicted molar refractivity (Wildman–Crippen MR) is 140 cm³/mol. The fourth-order valence-corrected chi connectivity index (χ4v) is 5.61. The lowest BCUT2D eigenvalue weighted by Crippen LogP contribution is -2.45. The van der Waals surface area contributed by atoms with Crippen LogP contribution in [-0.2, 0) is 4.79 Å². The van der Waals surface area contributed by atoms with E-state index in [2.05, 4.69) is 31.9 Å². The van der Waals surface area contributed by atoms with Gasteiger partial charge in [0, 0.05) is 4.47 Å². The van der Waals surface area contributed by atoms with Gasteiger partial charge in [-0.05, 0) is 86.9 Å². The third-order valence-electron chi connectivity index (χ3n) is 5.84. The summed E-state index contributed by atoms with van der Waals surface area (Å²) in [5.74, 6) is -4.60. The van der Waals surface area contributed by atoms with Gasteiger partial charge in [0.15, 0.2) is 0 Å². The number of carbonyl (C=O) groups is 4. The first kappa shape index (κ1) is 27.1. The van der Waals surface area contributed by atoms with Crippen molar-refractivity contribution in [3.8, 4) is 0 Å². The van der Waals surface area contributed by atoms with E-state index in [0.717, 1.165) is 16.0 Å². The van der Waals surface area contributed by atoms with E-state index in [1.807, 2.05) is 0 Å². The predicted octanol–water partition coefficient (Wildman–Crippen LogP) is 4.20. The second-order valence-electron chi connectivity index (χ2n) is 8.33. The molecular weight excluding hydrogens is 600 g/mol. The molecule has 0 saturated carbocycles. The first-order chi connectivity index (χ1) is 16.7. The number of aliphatic carboxylic acids is 1. The van der Waals surface area contributed by atoms with E-state index in [9.17, 15) is 24.3 Å². The van der Waals surface area contributed by atoms with Crippen LogP contribution >= 0.6 is 31.9 Å². The van der Waals surface area contributed by atoms with Crippen molar-refractivity contribution in [3.63, 3.8) is 0 Å². The van der Waals surface area contributed by atoms with E-state index in [1.165, 1.54) is 24.3 Å². The zero-order chi connectivity index (χ0) is 26.9. The number of fused-ring (bicyclic) bond motifs is 2. The normalized spacial score (nSPS) is 18.3. The van der Waals surface area contributed by atoms with Crippen LogP contribution in [0.1, 0.15) is 44.9 Å². The summed E-state index contributed by atoms with van der Waals surface area (Å²) >= 11 is 6.64. The Bertz CT molecular complexity index is 1560. The van der Waals surface area contributed by atoms with Crippen LogP contribution < -0.4 is 10.4 Å². The maximum atomic E-state index is 11.4. The van der Waals surface area contributed by atoms with Crippen molar-refractivity contribution >= 4 is 78.2 Å². The lowest BCUT2D eigenvalue weighted by molar-refractivity contribution is -0.140. The number of carboxylic acid groups (broad SMARTS) is 4. The van der Waals surface area contributed by atoms with Crippen LogP contribution in [-0.4, -0.2) is 48.6 Å². The quantitative estimate of drug-likeness (QED) is 0.317. The van der Waals surface area contributed by atoms with Gasteiger partial charge < -0.3 is 20.4 Å². The molecule has 186 valence electrons. The summed E-state index contributed by atoms with van der Waals surface area (Å²) in [6, 6.07) is 12.3. The van der Waals surface area contributed by atoms with Gasteiger partial charge >= 0.3 is 23.9 Å². The van der Waals surface area contributed by atoms with Crippen molar-refractivity contribution in [3.05, 3.63) is 80.1 Å². The SMILES string of the molecule is CC1=c2ccc(C(=O)O)cc2=CC(C)(Br)C1C(=O)O.O=C(O)c1ccc2c(Br)c(C(=O)O)ccc2c1. The Kier molecular flexibility index (Phi) is 7.70. The Morgan fingerprint density at radius 2 is 1.42 bits per heavy atom. The maximum Gasteiger partial charge on any atom is 0.336 e. The Balaban J connectivity index is 0.000000202. The van der Waals surface area contributed by atoms with Gasteiger partial charge in [-0.2, -0.15) is 0 Å². The standard InChI is InChI=1S/C14H13BrO4.C12H7BrO4/c1-7-10-4-3-8(12(16)17)5-9(10)6-14(2,15)11(7)13(18)19;13-10-8-3-2-7(11(14)15)5-6(8)1-4-9(10)12(16)17/h3-6,11H,1-2H3,(H,16,17)(H,18,19);1-5H,(H,14,15)(H,16,17). The second-order valence-corrected chi connectivity index (χ2v) is 10.8. The molecule has 1 aliphatic carbocycles. The summed E-state index contributed by atoms with van der Waals surface area (Å²) < 4.78 is -0.271. The molecule has 0 heterocycles. The summed E-state index contributed by atoms with van der Waals surface area (Å²) in [4.78, 5) is 44.1. The summed E-state index contributed by atoms with van der Waals surface area (Å²) in [5, 5.41) is 39.0. The van der Waals surface area contributed by atoms with Gasteiger partial charge in [0.1, 0.15) is 0 Å². The highest BCUT2D eigenvalue weighted by Gasteiger charge is 2.38. The van der Waals surface area contributed by atoms with Gasteiger partial charge in [-0.1, -0.05) is 40.2 Å². The van der Waals surface area contributed by atoms with Crippen LogP contribution in [0.5, 0.6) is 0 Å². The Morgan fingerprint density at radius 3 is 1.97 bits per heavy atom. The van der Waals surface area contributed by atoms with Crippen LogP contribution in [0.4, 0.5) is 0 Å². The highest BCUT2D eigenvalue weighted by molar-refractivity contribution is 9.10. The van der Waals surface area contributed by atoms with Crippen LogP contribution in [0.3, 0.4) is 0 Å². The fourth-order valence-electron chi connectivity index (χ4n) is 4.16. The number of alkyl halides is 1. The van der Waals surface area contributed by atoms with Gasteiger partial charge in [-0.3, -0.25) is 4.79 Å². The third kappa shape index (κ3) is 5.34. The molecule has 2 unspecified atom stereocenters. The number of carboxylic acids is 4. The molecule has 0 aromatic heterocycles. The Hall–Kier alpha value is -3.50. The van der Waals surface area contributed by atoms with Crippen molar-refractivity contribution in [2.24, 2.45) is 5.92 Å². The van der Waals surface area contributed by atoms with Crippen molar-refractivity contribution in [2.75, 3.05) is 0 Å². The topological polar surface area (TPSA) is 149 Å². The van der Waals surface area contributed by atoms with Gasteiger partial charge in [0.25, 0.3) is 0 Å². The molecule has 36 heavy (non-hydrogen) atoms. The molecule has 10 heteroatoms. The van der Waals surface area contributed by atoms with E-state index >= 15 is 0 Å². The molecule has 0 radical (unpaired) electrons. The molecule has 0 spiro atoms. The van der Waals surface area contributed by atoms with Crippen LogP contribution in [0, 0.1) is 5.92 Å². The van der Waals surface area contributed by atoms with Crippen LogP contribution in [0.15, 0.2) is 53.0 Å². The van der Waals surface area contributed by atoms with E-state index < -0.39 is 34.1 Å². The lowest BCUT2D eigenvalue weighted by atomic mass is 9.81. The molecule has 8 nitrogen and oxygen atoms in total. The molecule has 0 aliphatic heterocycles. The van der Waals surface area contributed by atoms with E-state index in [4.69, 9.17) is 15.3 Å². The number of aromatic carboxylic acids is 3. The van der Waals surface area contributed by atoms with E-state index in [1.54, 1.807) is 44.2 Å². The number of rotatable bonds is 4. The van der Waals surface area contributed by atoms with E-state index in [0.29, 0.717) is 15.2 Å². The summed E-state index contributed by atoms with van der Waals surface area (Å²) in [7, 11) is 0. The second kappa shape index (κ2) is 10.2. The minimum atomic E-state index is -1.03. The summed E-state index contributed by atoms with van der Waals surface area (Å²) in [6.45, 7) is 3.54. The minimum absolute atomic E-state index is 0.153. The van der Waals surface area contributed by atoms with Crippen molar-refractivity contribution in [1.29, 1.82) is 0 Å². The minimum Gasteiger partial charge on any atom is -0.481 e. The molecule has 0 amide bonds. The molecule has 3 aromatic rings. The Labute approximate surface area is 221 Å². The number of halogens is 2. The molecule has 0 fully saturated rings. The number of hydrogen-bond donors (Lipinski definition) is 4. The first-order valence-corrected chi connectivity index (χ1v) is 12.0. The zero-order valence-electron chi connectivity index (χ0n) is 19.0. The van der Waals surface area contributed by atoms with Crippen LogP contribution in [0.25, 0.3) is 22.4 Å². The fraction of sp³-hybridized carbons (Fsp3) is 0.154. The highest BCUT2D eigenvalue weighted by Crippen LogP contribution is 2.36. The average molecular weight is 620 g/mol. The maximum absolute atomic E-state index is 11.4. The zero-order valence-corrected chi connectivity index (χ0v) is 22.1. The van der Waals surface area contributed by atoms with Crippen molar-refractivity contribution in [1.82, 2.24) is 0 Å². The molecular formula is C26H20Br2O8. The molecule has 4 rings (SSSR count). The molecule has 1 aliphatic rings. The molecule has 0 bridgehead atoms. The first-order valence-electron chi connectivity index (χ1n) is 10.4. The molecule has 3 aromatic carbocycles. The third-order valence-corrected chi connectivity index (χ3v) is 7.38. The smallest absolute Gasteiger partial charge is 0.336 e. The lowest BCUT2D eigenvalue weighted by Gasteiger charge is -2.30. The monoisotopic (exact) mass is 618 g/mol. The van der Waals surface area contributed by atoms with E-state index in [-0.39, 0.29) is 16.7 Å². The van der Waals surface area contributed by atoms with Gasteiger partial charge in [-0.15, -0.1) is 0 Å². The van der Waals surface area contributed by atoms with Gasteiger partial charge in [-0.25, -0.2) is 14.4 Å². The molecule has 0 saturated heterocycles. The van der Waals surface area contributed by atoms with Crippen molar-refractivity contribution in [2.45, 2.75) is 18.2 Å². The van der Waals surface area contributed by atoms with Gasteiger partial charge in [0.2, 0.25) is 0 Å². The number of benzene rings is 3. The van der Waals surface area contributed by atoms with Crippen molar-refractivity contribution < 1.29 is 39.6 Å². The largest absolute Gasteiger partial charge is 0.481 e. The summed E-state index contributed by atoms with van der Waals surface area (Å²) in [5.41, 5.74) is 1.24. The highest BCUT2D eigenvalue weighted by atomic mass is 79.9.